The number of nitrogens with zero attached hydrogens (tertiary/aromatic N) is 2. The standard InChI is InChI=1S/C34H44N4O3S/c1-3-4-18-37(2)30-17-12-26(22-29(30)36-33(39)31-10-6-19-41-31)25-9-5-8-24(21-25)23-38(28-15-13-27(35)14-16-28)34(40)32-11-7-20-42-32/h5,7-9,11-12,17,20-22,27-28,31H,3-4,6,10,13-16,18-19,23,35H2,1-2H3,(H,36,39). The highest BCUT2D eigenvalue weighted by Gasteiger charge is 2.29. The molecule has 2 aliphatic rings. The average molecular weight is 589 g/mol. The minimum atomic E-state index is -0.396. The van der Waals surface area contributed by atoms with E-state index in [4.69, 9.17) is 10.5 Å². The van der Waals surface area contributed by atoms with Crippen LogP contribution in [-0.2, 0) is 16.1 Å². The van der Waals surface area contributed by atoms with Gasteiger partial charge in [-0.25, -0.2) is 0 Å². The molecule has 0 bridgehead atoms. The third-order valence-corrected chi connectivity index (χ3v) is 9.38. The molecule has 2 fully saturated rings. The van der Waals surface area contributed by atoms with Crippen molar-refractivity contribution in [2.24, 2.45) is 5.73 Å². The molecule has 5 rings (SSSR count). The van der Waals surface area contributed by atoms with E-state index in [-0.39, 0.29) is 23.9 Å². The highest BCUT2D eigenvalue weighted by Crippen LogP contribution is 2.33. The van der Waals surface area contributed by atoms with E-state index in [0.29, 0.717) is 13.2 Å². The third-order valence-electron chi connectivity index (χ3n) is 8.52. The van der Waals surface area contributed by atoms with Crippen LogP contribution in [-0.4, -0.2) is 55.1 Å². The number of nitrogens with one attached hydrogen (secondary N) is 1. The predicted molar refractivity (Wildman–Crippen MR) is 172 cm³/mol. The molecule has 1 aromatic heterocycles. The Hall–Kier alpha value is -3.20. The summed E-state index contributed by atoms with van der Waals surface area (Å²) in [4.78, 5) is 31.7. The molecule has 2 amide bonds. The van der Waals surface area contributed by atoms with Crippen LogP contribution in [0.3, 0.4) is 0 Å². The van der Waals surface area contributed by atoms with Crippen molar-refractivity contribution in [3.05, 3.63) is 70.4 Å². The molecule has 42 heavy (non-hydrogen) atoms. The Morgan fingerprint density at radius 2 is 1.83 bits per heavy atom. The zero-order chi connectivity index (χ0) is 29.5. The molecule has 3 N–H and O–H groups in total. The molecule has 1 saturated heterocycles. The first kappa shape index (κ1) is 30.3. The first-order valence-electron chi connectivity index (χ1n) is 15.4. The SMILES string of the molecule is CCCCN(C)c1ccc(-c2cccc(CN(C(=O)c3cccs3)C3CCC(N)CC3)c2)cc1NC(=O)C1CCCO1. The van der Waals surface area contributed by atoms with Crippen LogP contribution >= 0.6 is 11.3 Å². The second-order valence-electron chi connectivity index (χ2n) is 11.7. The molecule has 1 saturated carbocycles. The predicted octanol–water partition coefficient (Wildman–Crippen LogP) is 6.68. The van der Waals surface area contributed by atoms with Gasteiger partial charge in [-0.1, -0.05) is 43.7 Å². The fourth-order valence-electron chi connectivity index (χ4n) is 6.03. The van der Waals surface area contributed by atoms with Crippen molar-refractivity contribution in [3.63, 3.8) is 0 Å². The lowest BCUT2D eigenvalue weighted by Gasteiger charge is -2.36. The summed E-state index contributed by atoms with van der Waals surface area (Å²) in [7, 11) is 2.07. The lowest BCUT2D eigenvalue weighted by atomic mass is 9.90. The van der Waals surface area contributed by atoms with Crippen molar-refractivity contribution in [2.45, 2.75) is 83.0 Å². The number of ether oxygens (including phenoxy) is 1. The number of amides is 2. The monoisotopic (exact) mass is 588 g/mol. The van der Waals surface area contributed by atoms with Crippen molar-refractivity contribution in [3.8, 4) is 11.1 Å². The fraction of sp³-hybridized carbons (Fsp3) is 0.471. The first-order chi connectivity index (χ1) is 20.4. The van der Waals surface area contributed by atoms with Gasteiger partial charge in [0.2, 0.25) is 0 Å². The maximum atomic E-state index is 13.6. The van der Waals surface area contributed by atoms with Gasteiger partial charge >= 0.3 is 0 Å². The van der Waals surface area contributed by atoms with E-state index in [1.807, 2.05) is 17.5 Å². The van der Waals surface area contributed by atoms with Crippen LogP contribution in [0, 0.1) is 0 Å². The summed E-state index contributed by atoms with van der Waals surface area (Å²) in [6.45, 7) is 4.27. The van der Waals surface area contributed by atoms with Crippen molar-refractivity contribution in [1.82, 2.24) is 4.90 Å². The topological polar surface area (TPSA) is 87.9 Å². The molecular formula is C34H44N4O3S. The Balaban J connectivity index is 1.41. The molecule has 7 nitrogen and oxygen atoms in total. The Morgan fingerprint density at radius 3 is 2.55 bits per heavy atom. The minimum absolute atomic E-state index is 0.0847. The summed E-state index contributed by atoms with van der Waals surface area (Å²) < 4.78 is 5.66. The Labute approximate surface area is 254 Å². The number of thiophene rings is 1. The van der Waals surface area contributed by atoms with Crippen molar-refractivity contribution in [1.29, 1.82) is 0 Å². The van der Waals surface area contributed by atoms with Crippen molar-refractivity contribution in [2.75, 3.05) is 30.4 Å². The van der Waals surface area contributed by atoms with Gasteiger partial charge in [0.15, 0.2) is 0 Å². The number of unbranched alkanes of at least 4 members (excludes halogenated alkanes) is 1. The molecule has 224 valence electrons. The Bertz CT molecular complexity index is 1330. The van der Waals surface area contributed by atoms with Crippen LogP contribution in [0.2, 0.25) is 0 Å². The van der Waals surface area contributed by atoms with E-state index in [1.165, 1.54) is 11.3 Å². The molecule has 1 aliphatic heterocycles. The highest BCUT2D eigenvalue weighted by atomic mass is 32.1. The molecule has 2 aromatic carbocycles. The number of hydrogen-bond donors (Lipinski definition) is 2. The van der Waals surface area contributed by atoms with Crippen LogP contribution in [0.4, 0.5) is 11.4 Å². The smallest absolute Gasteiger partial charge is 0.264 e. The minimum Gasteiger partial charge on any atom is -0.373 e. The van der Waals surface area contributed by atoms with E-state index < -0.39 is 6.10 Å². The number of benzene rings is 2. The molecule has 2 heterocycles. The van der Waals surface area contributed by atoms with Crippen molar-refractivity contribution < 1.29 is 14.3 Å². The molecular weight excluding hydrogens is 544 g/mol. The number of hydrogen-bond acceptors (Lipinski definition) is 6. The maximum Gasteiger partial charge on any atom is 0.264 e. The number of anilines is 2. The van der Waals surface area contributed by atoms with E-state index >= 15 is 0 Å². The van der Waals surface area contributed by atoms with Gasteiger partial charge in [0.05, 0.1) is 16.3 Å². The van der Waals surface area contributed by atoms with Gasteiger partial charge in [0.25, 0.3) is 11.8 Å². The maximum absolute atomic E-state index is 13.6. The quantitative estimate of drug-likeness (QED) is 0.261. The van der Waals surface area contributed by atoms with Crippen LogP contribution in [0.1, 0.15) is 73.5 Å². The molecule has 1 unspecified atom stereocenters. The molecule has 3 aromatic rings. The lowest BCUT2D eigenvalue weighted by molar-refractivity contribution is -0.124. The van der Waals surface area contributed by atoms with E-state index in [1.54, 1.807) is 0 Å². The van der Waals surface area contributed by atoms with E-state index in [0.717, 1.165) is 90.9 Å². The normalized spacial score (nSPS) is 20.3. The highest BCUT2D eigenvalue weighted by molar-refractivity contribution is 7.12. The summed E-state index contributed by atoms with van der Waals surface area (Å²) in [5, 5.41) is 5.14. The van der Waals surface area contributed by atoms with Gasteiger partial charge < -0.3 is 25.6 Å². The molecule has 0 spiro atoms. The summed E-state index contributed by atoms with van der Waals surface area (Å²) in [6.07, 6.45) is 7.19. The molecule has 1 atom stereocenters. The van der Waals surface area contributed by atoms with Gasteiger partial charge in [-0.15, -0.1) is 11.3 Å². The molecule has 8 heteroatoms. The zero-order valence-corrected chi connectivity index (χ0v) is 25.7. The van der Waals surface area contributed by atoms with Crippen molar-refractivity contribution >= 4 is 34.5 Å². The summed E-state index contributed by atoms with van der Waals surface area (Å²) in [6, 6.07) is 19.0. The van der Waals surface area contributed by atoms with Crippen LogP contribution in [0.5, 0.6) is 0 Å². The molecule has 0 radical (unpaired) electrons. The second kappa shape index (κ2) is 14.3. The number of carbonyl (C=O) groups excluding carboxylic acids is 2. The number of nitrogens with two attached hydrogens (primary N) is 1. The Kier molecular flexibility index (Phi) is 10.3. The van der Waals surface area contributed by atoms with Gasteiger partial charge in [0.1, 0.15) is 6.10 Å². The summed E-state index contributed by atoms with van der Waals surface area (Å²) in [5.74, 6) is 0.00736. The average Bonchev–Trinajstić information content (AvgIpc) is 3.75. The van der Waals surface area contributed by atoms with E-state index in [2.05, 4.69) is 71.6 Å². The number of carbonyl (C=O) groups is 2. The Morgan fingerprint density at radius 1 is 1.02 bits per heavy atom. The summed E-state index contributed by atoms with van der Waals surface area (Å²) in [5.41, 5.74) is 11.1. The summed E-state index contributed by atoms with van der Waals surface area (Å²) >= 11 is 1.49. The largest absolute Gasteiger partial charge is 0.373 e. The van der Waals surface area contributed by atoms with Crippen LogP contribution in [0.25, 0.3) is 11.1 Å². The first-order valence-corrected chi connectivity index (χ1v) is 16.3. The number of rotatable bonds is 11. The van der Waals surface area contributed by atoms with Gasteiger partial charge in [0, 0.05) is 38.8 Å². The van der Waals surface area contributed by atoms with Gasteiger partial charge in [-0.05, 0) is 91.3 Å². The zero-order valence-electron chi connectivity index (χ0n) is 24.9. The second-order valence-corrected chi connectivity index (χ2v) is 12.6. The third kappa shape index (κ3) is 7.41. The van der Waals surface area contributed by atoms with Gasteiger partial charge in [-0.2, -0.15) is 0 Å². The molecule has 1 aliphatic carbocycles. The lowest BCUT2D eigenvalue weighted by Crippen LogP contribution is -2.43. The van der Waals surface area contributed by atoms with E-state index in [9.17, 15) is 9.59 Å². The van der Waals surface area contributed by atoms with Crippen LogP contribution < -0.4 is 16.0 Å². The van der Waals surface area contributed by atoms with Gasteiger partial charge in [-0.3, -0.25) is 9.59 Å². The fourth-order valence-corrected chi connectivity index (χ4v) is 6.71. The van der Waals surface area contributed by atoms with Crippen LogP contribution in [0.15, 0.2) is 60.0 Å².